The maximum Gasteiger partial charge on any atom is 0.136 e. The molecule has 0 N–H and O–H groups in total. The SMILES string of the molecule is c1cc(-c2ccc(C(c3ccc(-c4cccc(-c5cccc6ccccc56)c4)cc3)c3ccc(-c4ccc5c(c4)oc4ccccc45)cc3)cc2)cc(-c2cccc3ccccc23)c1. The zero-order valence-corrected chi connectivity index (χ0v) is 35.2. The molecule has 1 heteroatoms. The molecule has 300 valence electrons. The second-order valence-corrected chi connectivity index (χ2v) is 16.8. The first-order chi connectivity index (χ1) is 31.7. The van der Waals surface area contributed by atoms with E-state index in [1.807, 2.05) is 12.1 Å². The molecule has 0 atom stereocenters. The summed E-state index contributed by atoms with van der Waals surface area (Å²) in [5, 5.41) is 7.33. The largest absolute Gasteiger partial charge is 0.456 e. The van der Waals surface area contributed by atoms with Crippen LogP contribution in [0.25, 0.3) is 99.1 Å². The highest BCUT2D eigenvalue weighted by atomic mass is 16.3. The summed E-state index contributed by atoms with van der Waals surface area (Å²) >= 11 is 0. The van der Waals surface area contributed by atoms with Gasteiger partial charge in [0.25, 0.3) is 0 Å². The molecular weight excluding hydrogens is 773 g/mol. The van der Waals surface area contributed by atoms with Crippen molar-refractivity contribution in [1.29, 1.82) is 0 Å². The first-order valence-corrected chi connectivity index (χ1v) is 22.1. The molecule has 1 heterocycles. The lowest BCUT2D eigenvalue weighted by atomic mass is 9.83. The molecule has 0 radical (unpaired) electrons. The first-order valence-electron chi connectivity index (χ1n) is 22.1. The molecule has 0 aliphatic rings. The molecule has 11 aromatic carbocycles. The Hall–Kier alpha value is -8.26. The van der Waals surface area contributed by atoms with Crippen molar-refractivity contribution in [3.8, 4) is 55.6 Å². The normalized spacial score (nSPS) is 11.6. The Morgan fingerprint density at radius 2 is 0.609 bits per heavy atom. The van der Waals surface area contributed by atoms with E-state index in [1.165, 1.54) is 82.7 Å². The molecule has 0 amide bonds. The lowest BCUT2D eigenvalue weighted by molar-refractivity contribution is 0.669. The molecule has 0 spiro atoms. The molecule has 0 unspecified atom stereocenters. The number of furan rings is 1. The maximum absolute atomic E-state index is 6.27. The van der Waals surface area contributed by atoms with Gasteiger partial charge in [-0.15, -0.1) is 0 Å². The number of hydrogen-bond donors (Lipinski definition) is 0. The molecule has 0 bridgehead atoms. The van der Waals surface area contributed by atoms with E-state index in [4.69, 9.17) is 4.42 Å². The summed E-state index contributed by atoms with van der Waals surface area (Å²) in [6, 6.07) is 90.6. The summed E-state index contributed by atoms with van der Waals surface area (Å²) < 4.78 is 6.27. The van der Waals surface area contributed by atoms with E-state index in [9.17, 15) is 0 Å². The van der Waals surface area contributed by atoms with Gasteiger partial charge in [-0.25, -0.2) is 0 Å². The van der Waals surface area contributed by atoms with Crippen molar-refractivity contribution in [2.45, 2.75) is 5.92 Å². The van der Waals surface area contributed by atoms with E-state index in [2.05, 4.69) is 237 Å². The molecule has 0 saturated heterocycles. The monoisotopic (exact) mass is 814 g/mol. The van der Waals surface area contributed by atoms with E-state index in [0.717, 1.165) is 33.1 Å². The van der Waals surface area contributed by atoms with Gasteiger partial charge in [0, 0.05) is 16.7 Å². The summed E-state index contributed by atoms with van der Waals surface area (Å²) in [5.74, 6) is 0.0269. The van der Waals surface area contributed by atoms with Crippen molar-refractivity contribution in [2.24, 2.45) is 0 Å². The zero-order valence-electron chi connectivity index (χ0n) is 35.2. The Bertz CT molecular complexity index is 3470. The minimum atomic E-state index is 0.0269. The van der Waals surface area contributed by atoms with Crippen LogP contribution in [-0.4, -0.2) is 0 Å². The average Bonchev–Trinajstić information content (AvgIpc) is 3.75. The van der Waals surface area contributed by atoms with Crippen molar-refractivity contribution >= 4 is 43.5 Å². The van der Waals surface area contributed by atoms with Crippen LogP contribution in [0.3, 0.4) is 0 Å². The van der Waals surface area contributed by atoms with Gasteiger partial charge in [0.05, 0.1) is 0 Å². The fraction of sp³-hybridized carbons (Fsp3) is 0.0159. The number of fused-ring (bicyclic) bond motifs is 5. The highest BCUT2D eigenvalue weighted by Gasteiger charge is 2.19. The smallest absolute Gasteiger partial charge is 0.136 e. The second-order valence-electron chi connectivity index (χ2n) is 16.8. The van der Waals surface area contributed by atoms with Crippen LogP contribution in [0.4, 0.5) is 0 Å². The van der Waals surface area contributed by atoms with E-state index >= 15 is 0 Å². The van der Waals surface area contributed by atoms with Crippen LogP contribution in [0.15, 0.2) is 253 Å². The highest BCUT2D eigenvalue weighted by molar-refractivity contribution is 6.06. The van der Waals surface area contributed by atoms with Crippen molar-refractivity contribution in [1.82, 2.24) is 0 Å². The van der Waals surface area contributed by atoms with Crippen molar-refractivity contribution in [2.75, 3.05) is 0 Å². The summed E-state index contributed by atoms with van der Waals surface area (Å²) in [6.07, 6.45) is 0. The molecule has 0 aliphatic heterocycles. The Kier molecular flexibility index (Phi) is 9.31. The van der Waals surface area contributed by atoms with Crippen LogP contribution in [0, 0.1) is 0 Å². The molecule has 0 fully saturated rings. The van der Waals surface area contributed by atoms with Crippen molar-refractivity contribution in [3.05, 3.63) is 265 Å². The van der Waals surface area contributed by atoms with E-state index in [1.54, 1.807) is 0 Å². The third-order valence-corrected chi connectivity index (χ3v) is 13.0. The van der Waals surface area contributed by atoms with Gasteiger partial charge >= 0.3 is 0 Å². The second kappa shape index (κ2) is 15.9. The Morgan fingerprint density at radius 3 is 1.12 bits per heavy atom. The van der Waals surface area contributed by atoms with Crippen LogP contribution in [0.1, 0.15) is 22.6 Å². The molecular formula is C63H42O. The molecule has 64 heavy (non-hydrogen) atoms. The fourth-order valence-corrected chi connectivity index (χ4v) is 9.77. The number of hydrogen-bond acceptors (Lipinski definition) is 1. The average molecular weight is 815 g/mol. The summed E-state index contributed by atoms with van der Waals surface area (Å²) in [6.45, 7) is 0. The predicted octanol–water partition coefficient (Wildman–Crippen LogP) is 17.4. The van der Waals surface area contributed by atoms with Crippen LogP contribution >= 0.6 is 0 Å². The van der Waals surface area contributed by atoms with Crippen LogP contribution in [0.2, 0.25) is 0 Å². The molecule has 0 aliphatic carbocycles. The molecule has 12 rings (SSSR count). The minimum Gasteiger partial charge on any atom is -0.456 e. The molecule has 1 aromatic heterocycles. The Morgan fingerprint density at radius 1 is 0.234 bits per heavy atom. The standard InChI is InChI=1S/C63H42O/c1-3-19-55-45(11-1)13-9-22-57(55)53-17-7-15-50(39-53)42-25-31-47(32-26-42)63(49-35-29-44(30-36-49)52-37-38-60-59-21-5-6-24-61(59)64-62(60)41-52)48-33-27-43(28-34-48)51-16-8-18-54(40-51)58-23-10-14-46-12-2-4-20-56(46)58/h1-41,63H. The van der Waals surface area contributed by atoms with E-state index < -0.39 is 0 Å². The van der Waals surface area contributed by atoms with Gasteiger partial charge in [-0.3, -0.25) is 0 Å². The first kappa shape index (κ1) is 37.5. The quantitative estimate of drug-likeness (QED) is 0.139. The van der Waals surface area contributed by atoms with Gasteiger partial charge in [0.2, 0.25) is 0 Å². The van der Waals surface area contributed by atoms with Crippen molar-refractivity contribution < 1.29 is 4.42 Å². The Labute approximate surface area is 373 Å². The van der Waals surface area contributed by atoms with E-state index in [0.29, 0.717) is 0 Å². The highest BCUT2D eigenvalue weighted by Crippen LogP contribution is 2.39. The van der Waals surface area contributed by atoms with Gasteiger partial charge < -0.3 is 4.42 Å². The van der Waals surface area contributed by atoms with Gasteiger partial charge in [0.1, 0.15) is 11.2 Å². The van der Waals surface area contributed by atoms with E-state index in [-0.39, 0.29) is 5.92 Å². The maximum atomic E-state index is 6.27. The number of rotatable bonds is 8. The molecule has 1 nitrogen and oxygen atoms in total. The van der Waals surface area contributed by atoms with Gasteiger partial charge in [-0.2, -0.15) is 0 Å². The van der Waals surface area contributed by atoms with Gasteiger partial charge in [-0.1, -0.05) is 218 Å². The van der Waals surface area contributed by atoms with Gasteiger partial charge in [-0.05, 0) is 124 Å². The zero-order chi connectivity index (χ0) is 42.4. The lowest BCUT2D eigenvalue weighted by Gasteiger charge is -2.20. The lowest BCUT2D eigenvalue weighted by Crippen LogP contribution is -2.03. The number of para-hydroxylation sites is 1. The summed E-state index contributed by atoms with van der Waals surface area (Å²) in [5.41, 5.74) is 17.6. The van der Waals surface area contributed by atoms with Crippen LogP contribution in [0.5, 0.6) is 0 Å². The summed E-state index contributed by atoms with van der Waals surface area (Å²) in [4.78, 5) is 0. The Balaban J connectivity index is 0.899. The minimum absolute atomic E-state index is 0.0269. The summed E-state index contributed by atoms with van der Waals surface area (Å²) in [7, 11) is 0. The third-order valence-electron chi connectivity index (χ3n) is 13.0. The third kappa shape index (κ3) is 6.85. The predicted molar refractivity (Wildman–Crippen MR) is 270 cm³/mol. The number of benzene rings is 11. The van der Waals surface area contributed by atoms with Gasteiger partial charge in [0.15, 0.2) is 0 Å². The fourth-order valence-electron chi connectivity index (χ4n) is 9.77. The van der Waals surface area contributed by atoms with Crippen molar-refractivity contribution in [3.63, 3.8) is 0 Å². The molecule has 0 saturated carbocycles. The molecule has 12 aromatic rings. The van der Waals surface area contributed by atoms with Crippen LogP contribution in [-0.2, 0) is 0 Å². The van der Waals surface area contributed by atoms with Crippen LogP contribution < -0.4 is 0 Å². The topological polar surface area (TPSA) is 13.1 Å².